The van der Waals surface area contributed by atoms with Crippen LogP contribution in [-0.4, -0.2) is 66.8 Å². The minimum Gasteiger partial charge on any atom is -0.383 e. The highest BCUT2D eigenvalue weighted by molar-refractivity contribution is 5.74. The fourth-order valence-corrected chi connectivity index (χ4v) is 2.16. The van der Waals surface area contributed by atoms with Crippen LogP contribution in [0.15, 0.2) is 18.5 Å². The predicted octanol–water partition coefficient (Wildman–Crippen LogP) is 0.343. The molecule has 7 nitrogen and oxygen atoms in total. The van der Waals surface area contributed by atoms with E-state index in [4.69, 9.17) is 4.74 Å². The van der Waals surface area contributed by atoms with Gasteiger partial charge in [0.25, 0.3) is 0 Å². The maximum absolute atomic E-state index is 12.0. The number of hydrogen-bond acceptors (Lipinski definition) is 5. The molecule has 0 aromatic carbocycles. The maximum Gasteiger partial charge on any atom is 0.317 e. The van der Waals surface area contributed by atoms with Crippen LogP contribution in [0.2, 0.25) is 0 Å². The van der Waals surface area contributed by atoms with E-state index in [0.29, 0.717) is 19.7 Å². The minimum atomic E-state index is -0.0387. The van der Waals surface area contributed by atoms with Crippen molar-refractivity contribution >= 4 is 12.0 Å². The van der Waals surface area contributed by atoms with Crippen molar-refractivity contribution < 1.29 is 9.53 Å². The van der Waals surface area contributed by atoms with Crippen molar-refractivity contribution in [3.05, 3.63) is 18.5 Å². The number of amides is 2. The highest BCUT2D eigenvalue weighted by Gasteiger charge is 2.23. The summed E-state index contributed by atoms with van der Waals surface area (Å²) < 4.78 is 5.01. The monoisotopic (exact) mass is 279 g/mol. The van der Waals surface area contributed by atoms with E-state index in [2.05, 4.69) is 20.2 Å². The lowest BCUT2D eigenvalue weighted by Gasteiger charge is -2.35. The summed E-state index contributed by atoms with van der Waals surface area (Å²) in [6, 6.07) is 1.77. The van der Waals surface area contributed by atoms with Crippen LogP contribution in [0.5, 0.6) is 0 Å². The maximum atomic E-state index is 12.0. The molecule has 2 heterocycles. The Morgan fingerprint density at radius 2 is 2.00 bits per heavy atom. The molecule has 1 N–H and O–H groups in total. The van der Waals surface area contributed by atoms with Gasteiger partial charge in [-0.15, -0.1) is 0 Å². The first-order chi connectivity index (χ1) is 9.70. The topological polar surface area (TPSA) is 70.6 Å². The van der Waals surface area contributed by atoms with Gasteiger partial charge in [0.1, 0.15) is 0 Å². The van der Waals surface area contributed by atoms with E-state index >= 15 is 0 Å². The van der Waals surface area contributed by atoms with Gasteiger partial charge >= 0.3 is 6.03 Å². The normalized spacial score (nSPS) is 16.9. The molecule has 1 atom stereocenters. The molecular weight excluding hydrogens is 258 g/mol. The number of urea groups is 1. The van der Waals surface area contributed by atoms with Crippen molar-refractivity contribution in [2.45, 2.75) is 13.0 Å². The Kier molecular flexibility index (Phi) is 5.11. The van der Waals surface area contributed by atoms with Crippen molar-refractivity contribution in [3.8, 4) is 0 Å². The Balaban J connectivity index is 1.80. The Bertz CT molecular complexity index is 420. The summed E-state index contributed by atoms with van der Waals surface area (Å²) in [5.74, 6) is 0.723. The van der Waals surface area contributed by atoms with Crippen LogP contribution in [-0.2, 0) is 4.74 Å². The molecule has 2 rings (SSSR count). The Labute approximate surface area is 118 Å². The highest BCUT2D eigenvalue weighted by Crippen LogP contribution is 2.09. The number of nitrogens with zero attached hydrogens (tertiary/aromatic N) is 4. The van der Waals surface area contributed by atoms with Crippen LogP contribution in [0.25, 0.3) is 0 Å². The van der Waals surface area contributed by atoms with Crippen LogP contribution in [0.4, 0.5) is 10.7 Å². The molecule has 110 valence electrons. The molecular formula is C13H21N5O2. The van der Waals surface area contributed by atoms with Gasteiger partial charge in [0.15, 0.2) is 0 Å². The molecule has 1 aromatic heterocycles. The number of rotatable bonds is 4. The Hall–Kier alpha value is -1.89. The van der Waals surface area contributed by atoms with Crippen molar-refractivity contribution in [1.29, 1.82) is 0 Å². The molecule has 20 heavy (non-hydrogen) atoms. The highest BCUT2D eigenvalue weighted by atomic mass is 16.5. The summed E-state index contributed by atoms with van der Waals surface area (Å²) in [6.45, 7) is 5.28. The molecule has 1 aliphatic rings. The predicted molar refractivity (Wildman–Crippen MR) is 75.7 cm³/mol. The van der Waals surface area contributed by atoms with Crippen LogP contribution < -0.4 is 10.2 Å². The standard InChI is InChI=1S/C13H21N5O2/c1-11(10-20-2)16-13(19)18-8-6-17(7-9-18)12-14-4-3-5-15-12/h3-5,11H,6-10H2,1-2H3,(H,16,19)/t11-/m1/s1. The van der Waals surface area contributed by atoms with Gasteiger partial charge in [-0.05, 0) is 13.0 Å². The van der Waals surface area contributed by atoms with Crippen molar-refractivity contribution in [2.24, 2.45) is 0 Å². The third-order valence-corrected chi connectivity index (χ3v) is 3.19. The second-order valence-corrected chi connectivity index (χ2v) is 4.83. The molecule has 0 unspecified atom stereocenters. The number of hydrogen-bond donors (Lipinski definition) is 1. The second kappa shape index (κ2) is 7.04. The lowest BCUT2D eigenvalue weighted by molar-refractivity contribution is 0.158. The molecule has 1 saturated heterocycles. The van der Waals surface area contributed by atoms with Crippen LogP contribution >= 0.6 is 0 Å². The third-order valence-electron chi connectivity index (χ3n) is 3.19. The van der Waals surface area contributed by atoms with Gasteiger partial charge in [0.2, 0.25) is 5.95 Å². The number of carbonyl (C=O) groups excluding carboxylic acids is 1. The first-order valence-corrected chi connectivity index (χ1v) is 6.77. The van der Waals surface area contributed by atoms with E-state index in [1.807, 2.05) is 11.8 Å². The fourth-order valence-electron chi connectivity index (χ4n) is 2.16. The van der Waals surface area contributed by atoms with E-state index in [9.17, 15) is 4.79 Å². The number of nitrogens with one attached hydrogen (secondary N) is 1. The molecule has 0 bridgehead atoms. The van der Waals surface area contributed by atoms with E-state index in [0.717, 1.165) is 19.0 Å². The van der Waals surface area contributed by atoms with Crippen LogP contribution in [0.1, 0.15) is 6.92 Å². The van der Waals surface area contributed by atoms with Crippen molar-refractivity contribution in [1.82, 2.24) is 20.2 Å². The Morgan fingerprint density at radius 3 is 2.60 bits per heavy atom. The first kappa shape index (κ1) is 14.5. The lowest BCUT2D eigenvalue weighted by Crippen LogP contribution is -2.54. The van der Waals surface area contributed by atoms with Gasteiger partial charge in [-0.1, -0.05) is 0 Å². The van der Waals surface area contributed by atoms with E-state index in [1.165, 1.54) is 0 Å². The minimum absolute atomic E-state index is 0.0167. The molecule has 0 radical (unpaired) electrons. The third kappa shape index (κ3) is 3.80. The smallest absolute Gasteiger partial charge is 0.317 e. The van der Waals surface area contributed by atoms with Gasteiger partial charge in [0, 0.05) is 45.7 Å². The molecule has 1 aliphatic heterocycles. The molecule has 0 spiro atoms. The van der Waals surface area contributed by atoms with E-state index in [1.54, 1.807) is 25.6 Å². The van der Waals surface area contributed by atoms with E-state index < -0.39 is 0 Å². The van der Waals surface area contributed by atoms with Crippen LogP contribution in [0.3, 0.4) is 0 Å². The van der Waals surface area contributed by atoms with Gasteiger partial charge in [-0.3, -0.25) is 0 Å². The number of ether oxygens (including phenoxy) is 1. The molecule has 1 fully saturated rings. The second-order valence-electron chi connectivity index (χ2n) is 4.83. The van der Waals surface area contributed by atoms with E-state index in [-0.39, 0.29) is 12.1 Å². The summed E-state index contributed by atoms with van der Waals surface area (Å²) in [5, 5.41) is 2.92. The Morgan fingerprint density at radius 1 is 1.35 bits per heavy atom. The number of carbonyl (C=O) groups is 1. The average molecular weight is 279 g/mol. The molecule has 1 aromatic rings. The molecule has 0 saturated carbocycles. The van der Waals surface area contributed by atoms with Gasteiger partial charge < -0.3 is 19.9 Å². The lowest BCUT2D eigenvalue weighted by atomic mass is 10.3. The number of anilines is 1. The van der Waals surface area contributed by atoms with Gasteiger partial charge in [-0.2, -0.15) is 0 Å². The molecule has 2 amide bonds. The fraction of sp³-hybridized carbons (Fsp3) is 0.615. The quantitative estimate of drug-likeness (QED) is 0.861. The zero-order valence-electron chi connectivity index (χ0n) is 12.0. The van der Waals surface area contributed by atoms with Crippen LogP contribution in [0, 0.1) is 0 Å². The molecule has 7 heteroatoms. The van der Waals surface area contributed by atoms with Crippen molar-refractivity contribution in [3.63, 3.8) is 0 Å². The zero-order valence-corrected chi connectivity index (χ0v) is 12.0. The van der Waals surface area contributed by atoms with Gasteiger partial charge in [0.05, 0.1) is 12.6 Å². The summed E-state index contributed by atoms with van der Waals surface area (Å²) in [4.78, 5) is 24.4. The SMILES string of the molecule is COC[C@@H](C)NC(=O)N1CCN(c2ncccn2)CC1. The van der Waals surface area contributed by atoms with Crippen molar-refractivity contribution in [2.75, 3.05) is 44.8 Å². The first-order valence-electron chi connectivity index (χ1n) is 6.77. The number of methoxy groups -OCH3 is 1. The summed E-state index contributed by atoms with van der Waals surface area (Å²) in [5.41, 5.74) is 0. The summed E-state index contributed by atoms with van der Waals surface area (Å²) in [6.07, 6.45) is 3.46. The number of aromatic nitrogens is 2. The summed E-state index contributed by atoms with van der Waals surface area (Å²) >= 11 is 0. The largest absolute Gasteiger partial charge is 0.383 e. The zero-order chi connectivity index (χ0) is 14.4. The average Bonchev–Trinajstić information content (AvgIpc) is 2.48. The molecule has 0 aliphatic carbocycles. The summed E-state index contributed by atoms with van der Waals surface area (Å²) in [7, 11) is 1.63. The van der Waals surface area contributed by atoms with Gasteiger partial charge in [-0.25, -0.2) is 14.8 Å². The number of piperazine rings is 1.